The van der Waals surface area contributed by atoms with Gasteiger partial charge in [-0.15, -0.1) is 0 Å². The molecule has 6 heteroatoms. The zero-order chi connectivity index (χ0) is 17.9. The van der Waals surface area contributed by atoms with Crippen LogP contribution in [0.4, 0.5) is 0 Å². The Morgan fingerprint density at radius 3 is 2.62 bits per heavy atom. The quantitative estimate of drug-likeness (QED) is 0.323. The van der Waals surface area contributed by atoms with Crippen LogP contribution in [0.15, 0.2) is 24.3 Å². The van der Waals surface area contributed by atoms with Gasteiger partial charge in [0.25, 0.3) is 0 Å². The summed E-state index contributed by atoms with van der Waals surface area (Å²) in [6, 6.07) is 4.22. The molecule has 0 aliphatic carbocycles. The summed E-state index contributed by atoms with van der Waals surface area (Å²) in [5, 5.41) is 0. The van der Waals surface area contributed by atoms with E-state index in [1.54, 1.807) is 24.3 Å². The van der Waals surface area contributed by atoms with Gasteiger partial charge in [0.2, 0.25) is 0 Å². The number of rotatable bonds is 9. The lowest BCUT2D eigenvalue weighted by molar-refractivity contribution is -0.138. The smallest absolute Gasteiger partial charge is 0.330 e. The molecule has 0 amide bonds. The fourth-order valence-corrected chi connectivity index (χ4v) is 1.81. The van der Waals surface area contributed by atoms with Crippen molar-refractivity contribution in [1.82, 2.24) is 0 Å². The Balaban J connectivity index is 2.68. The van der Waals surface area contributed by atoms with Crippen LogP contribution in [0.3, 0.4) is 0 Å². The minimum Gasteiger partial charge on any atom is -0.493 e. The second-order valence-corrected chi connectivity index (χ2v) is 5.33. The number of unbranched alkanes of at least 4 members (excludes halogenated alkanes) is 2. The van der Waals surface area contributed by atoms with Gasteiger partial charge in [-0.1, -0.05) is 25.8 Å². The van der Waals surface area contributed by atoms with E-state index in [1.165, 1.54) is 20.1 Å². The largest absolute Gasteiger partial charge is 0.493 e. The molecule has 2 N–H and O–H groups in total. The number of methoxy groups -OCH3 is 1. The molecule has 6 nitrogen and oxygen atoms in total. The summed E-state index contributed by atoms with van der Waals surface area (Å²) in [5.74, 6) is -0.286. The predicted molar refractivity (Wildman–Crippen MR) is 91.8 cm³/mol. The highest BCUT2D eigenvalue weighted by atomic mass is 16.6. The van der Waals surface area contributed by atoms with Gasteiger partial charge in [0, 0.05) is 6.08 Å². The first-order valence-electron chi connectivity index (χ1n) is 7.98. The third kappa shape index (κ3) is 6.83. The van der Waals surface area contributed by atoms with Crippen molar-refractivity contribution in [3.05, 3.63) is 29.8 Å². The van der Waals surface area contributed by atoms with E-state index in [4.69, 9.17) is 19.9 Å². The molecule has 1 atom stereocenters. The molecule has 0 fully saturated rings. The van der Waals surface area contributed by atoms with E-state index < -0.39 is 18.0 Å². The molecular formula is C18H25NO5. The van der Waals surface area contributed by atoms with Gasteiger partial charge in [-0.2, -0.15) is 0 Å². The van der Waals surface area contributed by atoms with Crippen LogP contribution in [0.2, 0.25) is 0 Å². The lowest BCUT2D eigenvalue weighted by atomic mass is 10.2. The van der Waals surface area contributed by atoms with Crippen LogP contribution in [0.5, 0.6) is 11.5 Å². The molecule has 1 aromatic carbocycles. The van der Waals surface area contributed by atoms with Gasteiger partial charge < -0.3 is 19.9 Å². The molecule has 132 valence electrons. The van der Waals surface area contributed by atoms with E-state index in [2.05, 4.69) is 6.92 Å². The van der Waals surface area contributed by atoms with Gasteiger partial charge in [-0.3, -0.25) is 0 Å². The molecule has 0 spiro atoms. The van der Waals surface area contributed by atoms with Crippen LogP contribution in [0, 0.1) is 0 Å². The number of esters is 2. The van der Waals surface area contributed by atoms with Crippen LogP contribution < -0.4 is 15.2 Å². The molecule has 0 aliphatic rings. The third-order valence-electron chi connectivity index (χ3n) is 3.17. The summed E-state index contributed by atoms with van der Waals surface area (Å²) in [6.45, 7) is 4.05. The number of carbonyl (C=O) groups is 2. The normalized spacial score (nSPS) is 12.0. The van der Waals surface area contributed by atoms with Crippen molar-refractivity contribution in [2.75, 3.05) is 13.7 Å². The first kappa shape index (κ1) is 19.7. The lowest BCUT2D eigenvalue weighted by Crippen LogP contribution is -2.30. The van der Waals surface area contributed by atoms with Crippen molar-refractivity contribution in [2.24, 2.45) is 5.73 Å². The van der Waals surface area contributed by atoms with Gasteiger partial charge >= 0.3 is 11.9 Å². The van der Waals surface area contributed by atoms with Crippen LogP contribution in [-0.2, 0) is 14.3 Å². The molecule has 24 heavy (non-hydrogen) atoms. The highest BCUT2D eigenvalue weighted by Gasteiger charge is 2.13. The van der Waals surface area contributed by atoms with E-state index in [1.807, 2.05) is 0 Å². The number of hydrogen-bond acceptors (Lipinski definition) is 6. The van der Waals surface area contributed by atoms with Gasteiger partial charge in [-0.25, -0.2) is 9.59 Å². The zero-order valence-corrected chi connectivity index (χ0v) is 14.4. The second-order valence-electron chi connectivity index (χ2n) is 5.33. The first-order chi connectivity index (χ1) is 11.5. The van der Waals surface area contributed by atoms with Crippen molar-refractivity contribution in [3.63, 3.8) is 0 Å². The Hall–Kier alpha value is -2.34. The van der Waals surface area contributed by atoms with Crippen molar-refractivity contribution >= 4 is 18.0 Å². The van der Waals surface area contributed by atoms with E-state index in [9.17, 15) is 9.59 Å². The predicted octanol–water partition coefficient (Wildman–Crippen LogP) is 2.69. The van der Waals surface area contributed by atoms with Crippen LogP contribution in [0.25, 0.3) is 6.08 Å². The van der Waals surface area contributed by atoms with Crippen LogP contribution in [-0.4, -0.2) is 31.7 Å². The van der Waals surface area contributed by atoms with Crippen molar-refractivity contribution < 1.29 is 23.8 Å². The summed E-state index contributed by atoms with van der Waals surface area (Å²) in [7, 11) is 1.47. The SMILES string of the molecule is CCCCCOC(=O)/C=C/c1ccc(OC(=O)C(C)N)c(OC)c1. The molecule has 0 aliphatic heterocycles. The lowest BCUT2D eigenvalue weighted by Gasteiger charge is -2.11. The summed E-state index contributed by atoms with van der Waals surface area (Å²) >= 11 is 0. The molecule has 0 bridgehead atoms. The molecule has 0 radical (unpaired) electrons. The van der Waals surface area contributed by atoms with Crippen molar-refractivity contribution in [1.29, 1.82) is 0 Å². The van der Waals surface area contributed by atoms with Crippen LogP contribution in [0.1, 0.15) is 38.7 Å². The number of carbonyl (C=O) groups excluding carboxylic acids is 2. The Morgan fingerprint density at radius 2 is 2.00 bits per heavy atom. The van der Waals surface area contributed by atoms with Gasteiger partial charge in [-0.05, 0) is 37.1 Å². The number of hydrogen-bond donors (Lipinski definition) is 1. The number of benzene rings is 1. The first-order valence-corrected chi connectivity index (χ1v) is 7.98. The topological polar surface area (TPSA) is 87.9 Å². The fraction of sp³-hybridized carbons (Fsp3) is 0.444. The maximum absolute atomic E-state index is 11.6. The maximum atomic E-state index is 11.6. The van der Waals surface area contributed by atoms with Gasteiger partial charge in [0.05, 0.1) is 13.7 Å². The van der Waals surface area contributed by atoms with Gasteiger partial charge in [0.15, 0.2) is 11.5 Å². The standard InChI is InChI=1S/C18H25NO5/c1-4-5-6-11-23-17(20)10-8-14-7-9-15(16(12-14)22-3)24-18(21)13(2)19/h7-10,12-13H,4-6,11,19H2,1-3H3/b10-8+. The van der Waals surface area contributed by atoms with Crippen molar-refractivity contribution in [2.45, 2.75) is 39.2 Å². The number of nitrogens with two attached hydrogens (primary N) is 1. The Morgan fingerprint density at radius 1 is 1.25 bits per heavy atom. The Kier molecular flexibility index (Phi) is 8.57. The summed E-state index contributed by atoms with van der Waals surface area (Å²) in [6.07, 6.45) is 5.95. The highest BCUT2D eigenvalue weighted by molar-refractivity contribution is 5.87. The summed E-state index contributed by atoms with van der Waals surface area (Å²) in [4.78, 5) is 23.1. The highest BCUT2D eigenvalue weighted by Crippen LogP contribution is 2.28. The molecule has 0 saturated carbocycles. The molecule has 1 aromatic rings. The average Bonchev–Trinajstić information content (AvgIpc) is 2.57. The molecule has 1 unspecified atom stereocenters. The number of ether oxygens (including phenoxy) is 3. The minimum atomic E-state index is -0.725. The maximum Gasteiger partial charge on any atom is 0.330 e. The van der Waals surface area contributed by atoms with Gasteiger partial charge in [0.1, 0.15) is 6.04 Å². The third-order valence-corrected chi connectivity index (χ3v) is 3.17. The van der Waals surface area contributed by atoms with Crippen molar-refractivity contribution in [3.8, 4) is 11.5 Å². The average molecular weight is 335 g/mol. The zero-order valence-electron chi connectivity index (χ0n) is 14.4. The molecule has 0 aromatic heterocycles. The molecule has 1 rings (SSSR count). The summed E-state index contributed by atoms with van der Waals surface area (Å²) in [5.41, 5.74) is 6.19. The van der Waals surface area contributed by atoms with E-state index >= 15 is 0 Å². The minimum absolute atomic E-state index is 0.277. The molecular weight excluding hydrogens is 310 g/mol. The van der Waals surface area contributed by atoms with Crippen LogP contribution >= 0.6 is 0 Å². The summed E-state index contributed by atoms with van der Waals surface area (Å²) < 4.78 is 15.4. The van der Waals surface area contributed by atoms with E-state index in [0.717, 1.165) is 24.8 Å². The second kappa shape index (κ2) is 10.4. The van der Waals surface area contributed by atoms with E-state index in [0.29, 0.717) is 12.4 Å². The molecule has 0 heterocycles. The molecule has 0 saturated heterocycles. The fourth-order valence-electron chi connectivity index (χ4n) is 1.81. The van der Waals surface area contributed by atoms with E-state index in [-0.39, 0.29) is 5.75 Å². The Labute approximate surface area is 142 Å². The monoisotopic (exact) mass is 335 g/mol. The Bertz CT molecular complexity index is 581.